The van der Waals surface area contributed by atoms with Crippen molar-refractivity contribution in [3.63, 3.8) is 0 Å². The van der Waals surface area contributed by atoms with Gasteiger partial charge in [0.1, 0.15) is 0 Å². The molecule has 2 atom stereocenters. The Morgan fingerprint density at radius 1 is 1.33 bits per heavy atom. The first kappa shape index (κ1) is 16.4. The highest BCUT2D eigenvalue weighted by atomic mass is 35.5. The Balaban J connectivity index is 1.92. The van der Waals surface area contributed by atoms with Gasteiger partial charge in [-0.15, -0.1) is 0 Å². The molecular formula is C15H20Cl2N2O2. The summed E-state index contributed by atoms with van der Waals surface area (Å²) in [6.45, 7) is 3.10. The summed E-state index contributed by atoms with van der Waals surface area (Å²) in [5.41, 5.74) is 0.504. The highest BCUT2D eigenvalue weighted by Crippen LogP contribution is 2.35. The highest BCUT2D eigenvalue weighted by molar-refractivity contribution is 6.39. The Bertz CT molecular complexity index is 499. The Labute approximate surface area is 135 Å². The summed E-state index contributed by atoms with van der Waals surface area (Å²) < 4.78 is 0. The molecule has 0 aromatic heterocycles. The van der Waals surface area contributed by atoms with Crippen LogP contribution in [0.25, 0.3) is 0 Å². The van der Waals surface area contributed by atoms with Gasteiger partial charge in [-0.05, 0) is 24.7 Å². The van der Waals surface area contributed by atoms with Crippen LogP contribution in [-0.2, 0) is 0 Å². The summed E-state index contributed by atoms with van der Waals surface area (Å²) in [4.78, 5) is 10.2. The lowest BCUT2D eigenvalue weighted by molar-refractivity contribution is -0.384. The van der Waals surface area contributed by atoms with Crippen LogP contribution in [0, 0.1) is 22.0 Å². The standard InChI is InChI=1S/C15H20Cl2N2O2/c1-10-3-2-4-11(7-10)5-6-18-15-13(16)8-12(19(20)21)9-14(15)17/h8-11,18H,2-7H2,1H3. The molecule has 0 heterocycles. The van der Waals surface area contributed by atoms with Gasteiger partial charge in [0.15, 0.2) is 0 Å². The molecule has 1 N–H and O–H groups in total. The number of halogens is 2. The number of hydrogen-bond acceptors (Lipinski definition) is 3. The molecule has 1 aromatic carbocycles. The minimum absolute atomic E-state index is 0.0864. The molecule has 1 fully saturated rings. The number of nitrogens with zero attached hydrogens (tertiary/aromatic N) is 1. The monoisotopic (exact) mass is 330 g/mol. The quantitative estimate of drug-likeness (QED) is 0.570. The van der Waals surface area contributed by atoms with E-state index in [9.17, 15) is 10.1 Å². The minimum atomic E-state index is -0.495. The molecule has 116 valence electrons. The van der Waals surface area contributed by atoms with Gasteiger partial charge in [0, 0.05) is 18.7 Å². The highest BCUT2D eigenvalue weighted by Gasteiger charge is 2.19. The Kier molecular flexibility index (Phi) is 5.71. The molecule has 0 saturated heterocycles. The SMILES string of the molecule is CC1CCCC(CCNc2c(Cl)cc([N+](=O)[O-])cc2Cl)C1. The molecule has 1 aliphatic carbocycles. The van der Waals surface area contributed by atoms with Crippen molar-refractivity contribution in [3.8, 4) is 0 Å². The lowest BCUT2D eigenvalue weighted by atomic mass is 9.81. The number of rotatable bonds is 5. The van der Waals surface area contributed by atoms with Gasteiger partial charge in [-0.3, -0.25) is 10.1 Å². The van der Waals surface area contributed by atoms with Crippen molar-refractivity contribution in [1.29, 1.82) is 0 Å². The zero-order valence-electron chi connectivity index (χ0n) is 12.1. The van der Waals surface area contributed by atoms with Crippen molar-refractivity contribution in [2.45, 2.75) is 39.0 Å². The first-order chi connectivity index (χ1) is 9.97. The third-order valence-electron chi connectivity index (χ3n) is 4.14. The first-order valence-corrected chi connectivity index (χ1v) is 8.10. The lowest BCUT2D eigenvalue weighted by Crippen LogP contribution is -2.16. The third kappa shape index (κ3) is 4.48. The molecule has 2 rings (SSSR count). The average molecular weight is 331 g/mol. The molecule has 1 saturated carbocycles. The van der Waals surface area contributed by atoms with E-state index in [1.54, 1.807) is 0 Å². The van der Waals surface area contributed by atoms with E-state index in [2.05, 4.69) is 12.2 Å². The molecule has 2 unspecified atom stereocenters. The fourth-order valence-corrected chi connectivity index (χ4v) is 3.67. The summed E-state index contributed by atoms with van der Waals surface area (Å²) in [6.07, 6.45) is 6.29. The molecule has 1 aromatic rings. The van der Waals surface area contributed by atoms with Crippen LogP contribution < -0.4 is 5.32 Å². The normalized spacial score (nSPS) is 22.0. The Morgan fingerprint density at radius 2 is 2.00 bits per heavy atom. The second kappa shape index (κ2) is 7.32. The first-order valence-electron chi connectivity index (χ1n) is 7.34. The van der Waals surface area contributed by atoms with Crippen LogP contribution in [0.1, 0.15) is 39.0 Å². The van der Waals surface area contributed by atoms with E-state index in [0.717, 1.165) is 24.8 Å². The van der Waals surface area contributed by atoms with Crippen LogP contribution >= 0.6 is 23.2 Å². The summed E-state index contributed by atoms with van der Waals surface area (Å²) >= 11 is 12.1. The van der Waals surface area contributed by atoms with Crippen molar-refractivity contribution < 1.29 is 4.92 Å². The number of non-ortho nitro benzene ring substituents is 1. The fraction of sp³-hybridized carbons (Fsp3) is 0.600. The van der Waals surface area contributed by atoms with Gasteiger partial charge >= 0.3 is 0 Å². The summed E-state index contributed by atoms with van der Waals surface area (Å²) in [5, 5.41) is 14.6. The molecule has 0 spiro atoms. The van der Waals surface area contributed by atoms with E-state index in [4.69, 9.17) is 23.2 Å². The van der Waals surface area contributed by atoms with E-state index < -0.39 is 4.92 Å². The molecular weight excluding hydrogens is 311 g/mol. The van der Waals surface area contributed by atoms with E-state index in [1.165, 1.54) is 37.8 Å². The molecule has 0 bridgehead atoms. The maximum absolute atomic E-state index is 10.7. The topological polar surface area (TPSA) is 55.2 Å². The van der Waals surface area contributed by atoms with Gasteiger partial charge < -0.3 is 5.32 Å². The molecule has 4 nitrogen and oxygen atoms in total. The van der Waals surface area contributed by atoms with E-state index in [-0.39, 0.29) is 5.69 Å². The van der Waals surface area contributed by atoms with Crippen LogP contribution in [0.3, 0.4) is 0 Å². The van der Waals surface area contributed by atoms with Gasteiger partial charge in [-0.1, -0.05) is 49.4 Å². The second-order valence-electron chi connectivity index (χ2n) is 5.89. The van der Waals surface area contributed by atoms with Crippen molar-refractivity contribution >= 4 is 34.6 Å². The zero-order chi connectivity index (χ0) is 15.4. The predicted octanol–water partition coefficient (Wildman–Crippen LogP) is 5.53. The maximum Gasteiger partial charge on any atom is 0.272 e. The molecule has 6 heteroatoms. The largest absolute Gasteiger partial charge is 0.383 e. The Morgan fingerprint density at radius 3 is 2.57 bits per heavy atom. The third-order valence-corrected chi connectivity index (χ3v) is 4.73. The Hall–Kier alpha value is -1.00. The summed E-state index contributed by atoms with van der Waals surface area (Å²) in [7, 11) is 0. The average Bonchev–Trinajstić information content (AvgIpc) is 2.41. The summed E-state index contributed by atoms with van der Waals surface area (Å²) in [5.74, 6) is 1.56. The van der Waals surface area contributed by atoms with Crippen molar-refractivity contribution in [2.24, 2.45) is 11.8 Å². The zero-order valence-corrected chi connectivity index (χ0v) is 13.6. The number of nitro benzene ring substituents is 1. The van der Waals surface area contributed by atoms with E-state index >= 15 is 0 Å². The van der Waals surface area contributed by atoms with Crippen LogP contribution in [0.4, 0.5) is 11.4 Å². The number of hydrogen-bond donors (Lipinski definition) is 1. The minimum Gasteiger partial charge on any atom is -0.383 e. The number of nitrogens with one attached hydrogen (secondary N) is 1. The molecule has 21 heavy (non-hydrogen) atoms. The predicted molar refractivity (Wildman–Crippen MR) is 87.3 cm³/mol. The number of nitro groups is 1. The molecule has 0 amide bonds. The number of benzene rings is 1. The van der Waals surface area contributed by atoms with Gasteiger partial charge in [-0.25, -0.2) is 0 Å². The van der Waals surface area contributed by atoms with E-state index in [0.29, 0.717) is 15.7 Å². The van der Waals surface area contributed by atoms with Crippen molar-refractivity contribution in [1.82, 2.24) is 0 Å². The number of anilines is 1. The van der Waals surface area contributed by atoms with Gasteiger partial charge in [0.25, 0.3) is 5.69 Å². The smallest absolute Gasteiger partial charge is 0.272 e. The van der Waals surface area contributed by atoms with Gasteiger partial charge in [0.05, 0.1) is 20.7 Å². The van der Waals surface area contributed by atoms with Crippen LogP contribution in [0.2, 0.25) is 10.0 Å². The van der Waals surface area contributed by atoms with Gasteiger partial charge in [-0.2, -0.15) is 0 Å². The molecule has 0 aliphatic heterocycles. The van der Waals surface area contributed by atoms with E-state index in [1.807, 2.05) is 0 Å². The van der Waals surface area contributed by atoms with Crippen LogP contribution in [-0.4, -0.2) is 11.5 Å². The summed E-state index contributed by atoms with van der Waals surface area (Å²) in [6, 6.07) is 2.66. The van der Waals surface area contributed by atoms with Crippen molar-refractivity contribution in [2.75, 3.05) is 11.9 Å². The maximum atomic E-state index is 10.7. The lowest BCUT2D eigenvalue weighted by Gasteiger charge is -2.26. The molecule has 1 aliphatic rings. The van der Waals surface area contributed by atoms with Crippen molar-refractivity contribution in [3.05, 3.63) is 32.3 Å². The second-order valence-corrected chi connectivity index (χ2v) is 6.71. The fourth-order valence-electron chi connectivity index (χ4n) is 3.06. The molecule has 0 radical (unpaired) electrons. The van der Waals surface area contributed by atoms with Crippen LogP contribution in [0.15, 0.2) is 12.1 Å². The van der Waals surface area contributed by atoms with Gasteiger partial charge in [0.2, 0.25) is 0 Å². The van der Waals surface area contributed by atoms with Crippen LogP contribution in [0.5, 0.6) is 0 Å².